The van der Waals surface area contributed by atoms with E-state index in [0.29, 0.717) is 13.0 Å². The minimum Gasteiger partial charge on any atom is -0.346 e. The maximum Gasteiger partial charge on any atom is 0.220 e. The zero-order chi connectivity index (χ0) is 17.6. The maximum atomic E-state index is 12.9. The van der Waals surface area contributed by atoms with E-state index in [2.05, 4.69) is 15.7 Å². The van der Waals surface area contributed by atoms with Crippen LogP contribution in [0.1, 0.15) is 37.1 Å². The molecule has 25 heavy (non-hydrogen) atoms. The molecule has 1 saturated heterocycles. The summed E-state index contributed by atoms with van der Waals surface area (Å²) >= 11 is 0. The number of carbonyl (C=O) groups excluding carboxylic acids is 1. The van der Waals surface area contributed by atoms with Crippen molar-refractivity contribution in [3.63, 3.8) is 0 Å². The van der Waals surface area contributed by atoms with Crippen LogP contribution in [0.25, 0.3) is 6.08 Å². The number of aromatic nitrogens is 2. The van der Waals surface area contributed by atoms with E-state index in [4.69, 9.17) is 0 Å². The number of nitrogens with zero attached hydrogens (tertiary/aromatic N) is 2. The predicted molar refractivity (Wildman–Crippen MR) is 95.2 cm³/mol. The van der Waals surface area contributed by atoms with Crippen LogP contribution in [0, 0.1) is 5.82 Å². The smallest absolute Gasteiger partial charge is 0.220 e. The number of benzene rings is 1. The second kappa shape index (κ2) is 8.07. The van der Waals surface area contributed by atoms with Crippen molar-refractivity contribution in [3.8, 4) is 0 Å². The molecular formula is C19H23FN4O. The molecule has 0 saturated carbocycles. The number of hydrogen-bond acceptors (Lipinski definition) is 3. The minimum atomic E-state index is -0.233. The SMILES string of the molecule is CCn1nccc1C1NC(=O)CCC1NC/C=C/c1ccc(F)cc1. The van der Waals surface area contributed by atoms with Crippen molar-refractivity contribution in [2.24, 2.45) is 0 Å². The Morgan fingerprint density at radius 1 is 1.36 bits per heavy atom. The summed E-state index contributed by atoms with van der Waals surface area (Å²) in [4.78, 5) is 11.8. The molecule has 2 N–H and O–H groups in total. The van der Waals surface area contributed by atoms with Crippen molar-refractivity contribution in [2.75, 3.05) is 6.54 Å². The lowest BCUT2D eigenvalue weighted by Crippen LogP contribution is -2.49. The third-order valence-electron chi connectivity index (χ3n) is 4.45. The number of piperidine rings is 1. The van der Waals surface area contributed by atoms with Crippen LogP contribution in [-0.2, 0) is 11.3 Å². The van der Waals surface area contributed by atoms with E-state index in [1.807, 2.05) is 29.8 Å². The van der Waals surface area contributed by atoms with Crippen LogP contribution in [0.3, 0.4) is 0 Å². The van der Waals surface area contributed by atoms with Gasteiger partial charge in [0, 0.05) is 31.7 Å². The molecule has 2 aromatic rings. The number of amides is 1. The van der Waals surface area contributed by atoms with Crippen molar-refractivity contribution in [1.29, 1.82) is 0 Å². The Bertz CT molecular complexity index is 738. The molecule has 1 fully saturated rings. The van der Waals surface area contributed by atoms with Gasteiger partial charge in [0.25, 0.3) is 0 Å². The second-order valence-electron chi connectivity index (χ2n) is 6.12. The van der Waals surface area contributed by atoms with E-state index < -0.39 is 0 Å². The van der Waals surface area contributed by atoms with Crippen molar-refractivity contribution < 1.29 is 9.18 Å². The van der Waals surface area contributed by atoms with Gasteiger partial charge in [0.15, 0.2) is 0 Å². The Kier molecular flexibility index (Phi) is 5.60. The molecule has 1 aliphatic rings. The maximum absolute atomic E-state index is 12.9. The molecule has 0 spiro atoms. The van der Waals surface area contributed by atoms with Gasteiger partial charge in [0.2, 0.25) is 5.91 Å². The Labute approximate surface area is 146 Å². The van der Waals surface area contributed by atoms with E-state index in [9.17, 15) is 9.18 Å². The molecule has 1 aliphatic heterocycles. The largest absolute Gasteiger partial charge is 0.346 e. The van der Waals surface area contributed by atoms with Gasteiger partial charge in [-0.05, 0) is 37.1 Å². The highest BCUT2D eigenvalue weighted by atomic mass is 19.1. The number of hydrogen-bond donors (Lipinski definition) is 2. The highest BCUT2D eigenvalue weighted by Gasteiger charge is 2.31. The highest BCUT2D eigenvalue weighted by molar-refractivity contribution is 5.77. The summed E-state index contributed by atoms with van der Waals surface area (Å²) in [5, 5.41) is 10.9. The van der Waals surface area contributed by atoms with E-state index in [1.165, 1.54) is 12.1 Å². The lowest BCUT2D eigenvalue weighted by Gasteiger charge is -2.33. The molecule has 3 rings (SSSR count). The van der Waals surface area contributed by atoms with Gasteiger partial charge in [0.1, 0.15) is 5.82 Å². The van der Waals surface area contributed by atoms with Crippen molar-refractivity contribution in [1.82, 2.24) is 20.4 Å². The molecule has 2 unspecified atom stereocenters. The number of nitrogens with one attached hydrogen (secondary N) is 2. The second-order valence-corrected chi connectivity index (χ2v) is 6.12. The van der Waals surface area contributed by atoms with Gasteiger partial charge in [-0.1, -0.05) is 24.3 Å². The molecular weight excluding hydrogens is 319 g/mol. The van der Waals surface area contributed by atoms with E-state index in [1.54, 1.807) is 18.3 Å². The fourth-order valence-electron chi connectivity index (χ4n) is 3.16. The zero-order valence-electron chi connectivity index (χ0n) is 14.3. The fraction of sp³-hybridized carbons (Fsp3) is 0.368. The van der Waals surface area contributed by atoms with Gasteiger partial charge in [-0.15, -0.1) is 0 Å². The van der Waals surface area contributed by atoms with E-state index >= 15 is 0 Å². The molecule has 5 nitrogen and oxygen atoms in total. The zero-order valence-corrected chi connectivity index (χ0v) is 14.3. The van der Waals surface area contributed by atoms with Crippen LogP contribution in [0.15, 0.2) is 42.6 Å². The third-order valence-corrected chi connectivity index (χ3v) is 4.45. The minimum absolute atomic E-state index is 0.0776. The number of rotatable bonds is 6. The molecule has 1 amide bonds. The summed E-state index contributed by atoms with van der Waals surface area (Å²) in [5.41, 5.74) is 1.98. The molecule has 2 atom stereocenters. The summed E-state index contributed by atoms with van der Waals surface area (Å²) < 4.78 is 14.8. The van der Waals surface area contributed by atoms with Crippen LogP contribution >= 0.6 is 0 Å². The number of aryl methyl sites for hydroxylation is 1. The lowest BCUT2D eigenvalue weighted by atomic mass is 9.95. The van der Waals surface area contributed by atoms with Crippen LogP contribution < -0.4 is 10.6 Å². The summed E-state index contributed by atoms with van der Waals surface area (Å²) in [6, 6.07) is 8.42. The van der Waals surface area contributed by atoms with E-state index in [-0.39, 0.29) is 23.8 Å². The van der Waals surface area contributed by atoms with Crippen molar-refractivity contribution in [2.45, 2.75) is 38.4 Å². The Morgan fingerprint density at radius 3 is 2.92 bits per heavy atom. The van der Waals surface area contributed by atoms with Gasteiger partial charge in [-0.25, -0.2) is 4.39 Å². The van der Waals surface area contributed by atoms with Crippen molar-refractivity contribution >= 4 is 12.0 Å². The number of halogens is 1. The summed E-state index contributed by atoms with van der Waals surface area (Å²) in [6.07, 6.45) is 7.05. The Morgan fingerprint density at radius 2 is 2.16 bits per heavy atom. The van der Waals surface area contributed by atoms with Crippen LogP contribution in [-0.4, -0.2) is 28.3 Å². The van der Waals surface area contributed by atoms with Gasteiger partial charge >= 0.3 is 0 Å². The normalized spacial score (nSPS) is 20.8. The van der Waals surface area contributed by atoms with Crippen LogP contribution in [0.5, 0.6) is 0 Å². The third kappa shape index (κ3) is 4.33. The summed E-state index contributed by atoms with van der Waals surface area (Å²) in [5.74, 6) is -0.155. The quantitative estimate of drug-likeness (QED) is 0.848. The molecule has 132 valence electrons. The predicted octanol–water partition coefficient (Wildman–Crippen LogP) is 2.66. The monoisotopic (exact) mass is 342 g/mol. The molecule has 0 radical (unpaired) electrons. The molecule has 0 bridgehead atoms. The first-order chi connectivity index (χ1) is 12.2. The molecule has 1 aromatic heterocycles. The standard InChI is InChI=1S/C19H23FN4O/c1-2-24-17(11-13-22-24)19-16(9-10-18(25)23-19)21-12-3-4-14-5-7-15(20)8-6-14/h3-8,11,13,16,19,21H,2,9-10,12H2,1H3,(H,23,25)/b4-3+. The van der Waals surface area contributed by atoms with Crippen LogP contribution in [0.4, 0.5) is 4.39 Å². The molecule has 1 aromatic carbocycles. The van der Waals surface area contributed by atoms with Gasteiger partial charge in [-0.2, -0.15) is 5.10 Å². The topological polar surface area (TPSA) is 59.0 Å². The van der Waals surface area contributed by atoms with Crippen LogP contribution in [0.2, 0.25) is 0 Å². The molecule has 2 heterocycles. The van der Waals surface area contributed by atoms with E-state index in [0.717, 1.165) is 24.2 Å². The van der Waals surface area contributed by atoms with Gasteiger partial charge in [-0.3, -0.25) is 9.48 Å². The first-order valence-corrected chi connectivity index (χ1v) is 8.64. The Hall–Kier alpha value is -2.47. The highest BCUT2D eigenvalue weighted by Crippen LogP contribution is 2.24. The fourth-order valence-corrected chi connectivity index (χ4v) is 3.16. The number of carbonyl (C=O) groups is 1. The summed E-state index contributed by atoms with van der Waals surface area (Å²) in [6.45, 7) is 3.48. The lowest BCUT2D eigenvalue weighted by molar-refractivity contribution is -0.124. The van der Waals surface area contributed by atoms with Crippen molar-refractivity contribution in [3.05, 3.63) is 59.7 Å². The average molecular weight is 342 g/mol. The average Bonchev–Trinajstić information content (AvgIpc) is 3.10. The first kappa shape index (κ1) is 17.4. The summed E-state index contributed by atoms with van der Waals surface area (Å²) in [7, 11) is 0. The molecule has 0 aliphatic carbocycles. The molecule has 6 heteroatoms. The van der Waals surface area contributed by atoms with Gasteiger partial charge in [0.05, 0.1) is 11.7 Å². The first-order valence-electron chi connectivity index (χ1n) is 8.64. The van der Waals surface area contributed by atoms with Gasteiger partial charge < -0.3 is 10.6 Å². The Balaban J connectivity index is 1.63.